The third-order valence-corrected chi connectivity index (χ3v) is 4.40. The average Bonchev–Trinajstić information content (AvgIpc) is 2.53. The molecule has 0 atom stereocenters. The number of sulfonamides is 1. The van der Waals surface area contributed by atoms with Crippen molar-refractivity contribution in [3.63, 3.8) is 0 Å². The van der Waals surface area contributed by atoms with Crippen LogP contribution in [-0.4, -0.2) is 22.1 Å². The smallest absolute Gasteiger partial charge is 0.418 e. The minimum absolute atomic E-state index is 0.206. The van der Waals surface area contributed by atoms with Gasteiger partial charge in [-0.05, 0) is 42.3 Å². The quantitative estimate of drug-likeness (QED) is 0.814. The molecule has 2 aromatic carbocycles. The van der Waals surface area contributed by atoms with Gasteiger partial charge < -0.3 is 10.1 Å². The molecule has 0 amide bonds. The topological polar surface area (TPSA) is 81.4 Å². The number of anilines is 1. The molecule has 0 radical (unpaired) electrons. The van der Waals surface area contributed by atoms with E-state index < -0.39 is 26.7 Å². The molecule has 2 rings (SSSR count). The van der Waals surface area contributed by atoms with Crippen molar-refractivity contribution in [1.82, 2.24) is 0 Å². The molecule has 0 saturated carbocycles. The Kier molecular flexibility index (Phi) is 5.58. The Morgan fingerprint density at radius 2 is 1.88 bits per heavy atom. The minimum atomic E-state index is -4.71. The number of alkyl halides is 3. The summed E-state index contributed by atoms with van der Waals surface area (Å²) in [4.78, 5) is -0.585. The van der Waals surface area contributed by atoms with Gasteiger partial charge in [-0.15, -0.1) is 0 Å². The summed E-state index contributed by atoms with van der Waals surface area (Å²) in [6, 6.07) is 9.81. The number of primary sulfonamides is 1. The maximum Gasteiger partial charge on any atom is 0.418 e. The Morgan fingerprint density at radius 1 is 1.16 bits per heavy atom. The lowest BCUT2D eigenvalue weighted by Crippen LogP contribution is -2.17. The average molecular weight is 374 g/mol. The van der Waals surface area contributed by atoms with Gasteiger partial charge in [-0.25, -0.2) is 13.6 Å². The predicted molar refractivity (Wildman–Crippen MR) is 88.0 cm³/mol. The second-order valence-corrected chi connectivity index (χ2v) is 6.84. The summed E-state index contributed by atoms with van der Waals surface area (Å²) in [7, 11) is -2.69. The first-order valence-electron chi connectivity index (χ1n) is 7.22. The summed E-state index contributed by atoms with van der Waals surface area (Å²) in [6.45, 7) is 0.227. The van der Waals surface area contributed by atoms with Gasteiger partial charge in [0.1, 0.15) is 5.75 Å². The molecule has 0 saturated heterocycles. The van der Waals surface area contributed by atoms with Crippen LogP contribution in [0.5, 0.6) is 5.75 Å². The normalized spacial score (nSPS) is 12.0. The van der Waals surface area contributed by atoms with Crippen molar-refractivity contribution in [1.29, 1.82) is 0 Å². The summed E-state index contributed by atoms with van der Waals surface area (Å²) < 4.78 is 67.1. The maximum atomic E-state index is 13.2. The fourth-order valence-corrected chi connectivity index (χ4v) is 2.80. The first kappa shape index (κ1) is 19.1. The van der Waals surface area contributed by atoms with Crippen LogP contribution in [0.2, 0.25) is 0 Å². The molecule has 0 fully saturated rings. The lowest BCUT2D eigenvalue weighted by molar-refractivity contribution is -0.137. The van der Waals surface area contributed by atoms with E-state index in [9.17, 15) is 21.6 Å². The fraction of sp³-hybridized carbons (Fsp3) is 0.250. The number of nitrogens with one attached hydrogen (secondary N) is 1. The van der Waals surface area contributed by atoms with E-state index in [1.807, 2.05) is 6.07 Å². The largest absolute Gasteiger partial charge is 0.497 e. The molecule has 25 heavy (non-hydrogen) atoms. The summed E-state index contributed by atoms with van der Waals surface area (Å²) in [5.41, 5.74) is -0.394. The maximum absolute atomic E-state index is 13.2. The van der Waals surface area contributed by atoms with Gasteiger partial charge in [0.25, 0.3) is 0 Å². The van der Waals surface area contributed by atoms with Crippen LogP contribution in [0.25, 0.3) is 0 Å². The molecule has 3 N–H and O–H groups in total. The van der Waals surface area contributed by atoms with Crippen molar-refractivity contribution in [2.45, 2.75) is 17.5 Å². The zero-order chi connectivity index (χ0) is 18.7. The van der Waals surface area contributed by atoms with Crippen LogP contribution in [0.1, 0.15) is 11.1 Å². The predicted octanol–water partition coefficient (Wildman–Crippen LogP) is 3.02. The number of halogens is 3. The number of hydrogen-bond donors (Lipinski definition) is 2. The third-order valence-electron chi connectivity index (χ3n) is 3.49. The molecule has 5 nitrogen and oxygen atoms in total. The van der Waals surface area contributed by atoms with E-state index in [2.05, 4.69) is 5.32 Å². The molecule has 0 unspecified atom stereocenters. The molecule has 0 bridgehead atoms. The molecular formula is C16H17F3N2O3S. The van der Waals surface area contributed by atoms with Gasteiger partial charge in [-0.2, -0.15) is 13.2 Å². The van der Waals surface area contributed by atoms with Crippen LogP contribution in [0.3, 0.4) is 0 Å². The summed E-state index contributed by atoms with van der Waals surface area (Å²) in [5, 5.41) is 7.58. The third kappa shape index (κ3) is 5.10. The standard InChI is InChI=1S/C16H17F3N2O3S/c1-24-12-4-2-3-11(9-12)7-8-21-15-6-5-13(25(20,22)23)10-14(15)16(17,18)19/h2-6,9-10,21H,7-8H2,1H3,(H2,20,22,23). The number of benzene rings is 2. The zero-order valence-electron chi connectivity index (χ0n) is 13.3. The van der Waals surface area contributed by atoms with Gasteiger partial charge in [0.05, 0.1) is 17.6 Å². The SMILES string of the molecule is COc1cccc(CCNc2ccc(S(N)(=O)=O)cc2C(F)(F)F)c1. The summed E-state index contributed by atoms with van der Waals surface area (Å²) in [5.74, 6) is 0.658. The highest BCUT2D eigenvalue weighted by atomic mass is 32.2. The Hall–Kier alpha value is -2.26. The number of rotatable bonds is 6. The Bertz CT molecular complexity index is 852. The van der Waals surface area contributed by atoms with Gasteiger partial charge in [0.2, 0.25) is 10.0 Å². The Labute approximate surface area is 143 Å². The van der Waals surface area contributed by atoms with Gasteiger partial charge in [-0.3, -0.25) is 0 Å². The zero-order valence-corrected chi connectivity index (χ0v) is 14.1. The van der Waals surface area contributed by atoms with Crippen LogP contribution in [0, 0.1) is 0 Å². The van der Waals surface area contributed by atoms with E-state index >= 15 is 0 Å². The van der Waals surface area contributed by atoms with E-state index in [4.69, 9.17) is 9.88 Å². The summed E-state index contributed by atoms with van der Waals surface area (Å²) in [6.07, 6.45) is -4.25. The first-order valence-corrected chi connectivity index (χ1v) is 8.77. The van der Waals surface area contributed by atoms with Crippen LogP contribution < -0.4 is 15.2 Å². The van der Waals surface area contributed by atoms with E-state index in [0.717, 1.165) is 17.7 Å². The number of nitrogens with two attached hydrogens (primary N) is 1. The second-order valence-electron chi connectivity index (χ2n) is 5.28. The van der Waals surface area contributed by atoms with Crippen LogP contribution in [0.15, 0.2) is 47.4 Å². The van der Waals surface area contributed by atoms with Crippen molar-refractivity contribution in [2.75, 3.05) is 19.0 Å². The number of ether oxygens (including phenoxy) is 1. The highest BCUT2D eigenvalue weighted by Crippen LogP contribution is 2.36. The van der Waals surface area contributed by atoms with Crippen LogP contribution in [0.4, 0.5) is 18.9 Å². The Balaban J connectivity index is 2.18. The molecule has 0 aliphatic carbocycles. The monoisotopic (exact) mass is 374 g/mol. The van der Waals surface area contributed by atoms with Crippen molar-refractivity contribution < 1.29 is 26.3 Å². The summed E-state index contributed by atoms with van der Waals surface area (Å²) >= 11 is 0. The number of hydrogen-bond acceptors (Lipinski definition) is 4. The lowest BCUT2D eigenvalue weighted by Gasteiger charge is -2.15. The van der Waals surface area contributed by atoms with Crippen molar-refractivity contribution in [3.8, 4) is 5.75 Å². The molecular weight excluding hydrogens is 357 g/mol. The highest BCUT2D eigenvalue weighted by Gasteiger charge is 2.34. The van der Waals surface area contributed by atoms with E-state index in [1.54, 1.807) is 18.2 Å². The lowest BCUT2D eigenvalue weighted by atomic mass is 10.1. The van der Waals surface area contributed by atoms with Crippen molar-refractivity contribution >= 4 is 15.7 Å². The molecule has 0 heterocycles. The minimum Gasteiger partial charge on any atom is -0.497 e. The second kappa shape index (κ2) is 7.32. The molecule has 0 spiro atoms. The van der Waals surface area contributed by atoms with E-state index in [1.165, 1.54) is 7.11 Å². The van der Waals surface area contributed by atoms with Gasteiger partial charge >= 0.3 is 6.18 Å². The molecule has 136 valence electrons. The van der Waals surface area contributed by atoms with E-state index in [-0.39, 0.29) is 12.2 Å². The van der Waals surface area contributed by atoms with Crippen molar-refractivity contribution in [3.05, 3.63) is 53.6 Å². The molecule has 0 aromatic heterocycles. The molecule has 9 heteroatoms. The molecule has 2 aromatic rings. The highest BCUT2D eigenvalue weighted by molar-refractivity contribution is 7.89. The van der Waals surface area contributed by atoms with Gasteiger partial charge in [0, 0.05) is 12.2 Å². The Morgan fingerprint density at radius 3 is 2.48 bits per heavy atom. The van der Waals surface area contributed by atoms with Crippen LogP contribution in [-0.2, 0) is 22.6 Å². The molecule has 0 aliphatic heterocycles. The van der Waals surface area contributed by atoms with Crippen LogP contribution >= 0.6 is 0 Å². The van der Waals surface area contributed by atoms with Gasteiger partial charge in [0.15, 0.2) is 0 Å². The number of methoxy groups -OCH3 is 1. The molecule has 0 aliphatic rings. The van der Waals surface area contributed by atoms with E-state index in [0.29, 0.717) is 18.2 Å². The fourth-order valence-electron chi connectivity index (χ4n) is 2.26. The first-order chi connectivity index (χ1) is 11.6. The van der Waals surface area contributed by atoms with Gasteiger partial charge in [-0.1, -0.05) is 12.1 Å². The van der Waals surface area contributed by atoms with Crippen molar-refractivity contribution in [2.24, 2.45) is 5.14 Å².